The van der Waals surface area contributed by atoms with Gasteiger partial charge in [-0.05, 0) is 49.9 Å². The molecule has 0 fully saturated rings. The van der Waals surface area contributed by atoms with Crippen LogP contribution in [0.3, 0.4) is 0 Å². The van der Waals surface area contributed by atoms with E-state index in [1.807, 2.05) is 19.1 Å². The van der Waals surface area contributed by atoms with Gasteiger partial charge in [-0.15, -0.1) is 0 Å². The third-order valence-electron chi connectivity index (χ3n) is 5.40. The predicted molar refractivity (Wildman–Crippen MR) is 117 cm³/mol. The Morgan fingerprint density at radius 2 is 1.97 bits per heavy atom. The van der Waals surface area contributed by atoms with Crippen molar-refractivity contribution in [3.8, 4) is 11.4 Å². The van der Waals surface area contributed by atoms with Crippen molar-refractivity contribution in [2.24, 2.45) is 0 Å². The molecule has 0 saturated carbocycles. The molecule has 3 aromatic heterocycles. The molecular weight excluding hydrogens is 362 g/mol. The Labute approximate surface area is 169 Å². The highest BCUT2D eigenvalue weighted by molar-refractivity contribution is 5.86. The van der Waals surface area contributed by atoms with Crippen LogP contribution in [-0.4, -0.2) is 26.5 Å². The number of hydrogen-bond donors (Lipinski definition) is 3. The number of benzene rings is 1. The minimum atomic E-state index is -0.111. The number of pyridine rings is 1. The van der Waals surface area contributed by atoms with Crippen LogP contribution in [-0.2, 0) is 12.8 Å². The molecule has 3 heterocycles. The lowest BCUT2D eigenvalue weighted by Gasteiger charge is -2.07. The molecule has 0 radical (unpaired) electrons. The van der Waals surface area contributed by atoms with Crippen molar-refractivity contribution in [1.82, 2.24) is 19.9 Å². The lowest BCUT2D eigenvalue weighted by molar-refractivity contribution is 1.01. The highest BCUT2D eigenvalue weighted by atomic mass is 16.1. The fourth-order valence-corrected chi connectivity index (χ4v) is 3.52. The van der Waals surface area contributed by atoms with Gasteiger partial charge < -0.3 is 15.3 Å². The largest absolute Gasteiger partial charge is 0.370 e. The van der Waals surface area contributed by atoms with E-state index in [4.69, 9.17) is 0 Å². The molecule has 0 saturated heterocycles. The highest BCUT2D eigenvalue weighted by Crippen LogP contribution is 2.23. The minimum Gasteiger partial charge on any atom is -0.370 e. The molecule has 1 aromatic carbocycles. The van der Waals surface area contributed by atoms with Crippen molar-refractivity contribution in [2.45, 2.75) is 33.6 Å². The van der Waals surface area contributed by atoms with Crippen molar-refractivity contribution < 1.29 is 0 Å². The van der Waals surface area contributed by atoms with Gasteiger partial charge in [0.1, 0.15) is 11.6 Å². The van der Waals surface area contributed by atoms with Crippen molar-refractivity contribution in [3.63, 3.8) is 0 Å². The van der Waals surface area contributed by atoms with Gasteiger partial charge in [-0.25, -0.2) is 9.97 Å². The van der Waals surface area contributed by atoms with Crippen molar-refractivity contribution >= 4 is 16.7 Å². The Morgan fingerprint density at radius 1 is 1.10 bits per heavy atom. The van der Waals surface area contributed by atoms with Crippen LogP contribution in [0, 0.1) is 13.8 Å². The molecule has 148 valence electrons. The Kier molecular flexibility index (Phi) is 5.16. The van der Waals surface area contributed by atoms with E-state index in [9.17, 15) is 4.79 Å². The van der Waals surface area contributed by atoms with Crippen LogP contribution in [0.2, 0.25) is 0 Å². The quantitative estimate of drug-likeness (QED) is 0.464. The van der Waals surface area contributed by atoms with Crippen LogP contribution >= 0.6 is 0 Å². The summed E-state index contributed by atoms with van der Waals surface area (Å²) in [5, 5.41) is 4.66. The SMILES string of the molecule is CCc1cccc2c(CCNc3ccc(-c4nc(C)c(C)c(=O)[nH]4)cn3)c[nH]c12. The minimum absolute atomic E-state index is 0.111. The van der Waals surface area contributed by atoms with Crippen molar-refractivity contribution in [2.75, 3.05) is 11.9 Å². The molecule has 4 rings (SSSR count). The number of para-hydroxylation sites is 1. The molecule has 0 aliphatic carbocycles. The second-order valence-electron chi connectivity index (χ2n) is 7.24. The molecule has 0 spiro atoms. The second kappa shape index (κ2) is 7.91. The molecule has 4 aromatic rings. The van der Waals surface area contributed by atoms with Gasteiger partial charge in [0.2, 0.25) is 0 Å². The molecule has 0 amide bonds. The standard InChI is InChI=1S/C23H25N5O/c1-4-16-6-5-7-19-17(12-26-21(16)19)10-11-24-20-9-8-18(13-25-20)22-27-15(3)14(2)23(29)28-22/h5-9,12-13,26H,4,10-11H2,1-3H3,(H,24,25)(H,27,28,29). The van der Waals surface area contributed by atoms with E-state index in [2.05, 4.69) is 56.6 Å². The summed E-state index contributed by atoms with van der Waals surface area (Å²) in [5.41, 5.74) is 5.94. The van der Waals surface area contributed by atoms with Gasteiger partial charge in [0.05, 0.1) is 0 Å². The number of rotatable bonds is 6. The molecule has 0 aliphatic rings. The second-order valence-corrected chi connectivity index (χ2v) is 7.24. The lowest BCUT2D eigenvalue weighted by atomic mass is 10.1. The number of H-pyrrole nitrogens is 2. The Hall–Kier alpha value is -3.41. The molecular formula is C23H25N5O. The van der Waals surface area contributed by atoms with Gasteiger partial charge in [0, 0.05) is 46.7 Å². The first-order valence-corrected chi connectivity index (χ1v) is 9.92. The van der Waals surface area contributed by atoms with Crippen LogP contribution in [0.1, 0.15) is 29.3 Å². The number of nitrogens with zero attached hydrogens (tertiary/aromatic N) is 2. The third-order valence-corrected chi connectivity index (χ3v) is 5.40. The number of hydrogen-bond acceptors (Lipinski definition) is 4. The average molecular weight is 387 g/mol. The van der Waals surface area contributed by atoms with Gasteiger partial charge in [-0.2, -0.15) is 0 Å². The maximum atomic E-state index is 12.0. The molecule has 0 unspecified atom stereocenters. The molecule has 29 heavy (non-hydrogen) atoms. The fraction of sp³-hybridized carbons (Fsp3) is 0.261. The third kappa shape index (κ3) is 3.78. The number of fused-ring (bicyclic) bond motifs is 1. The van der Waals surface area contributed by atoms with Crippen LogP contribution in [0.4, 0.5) is 5.82 Å². The van der Waals surface area contributed by atoms with Crippen LogP contribution < -0.4 is 10.9 Å². The first-order chi connectivity index (χ1) is 14.1. The van der Waals surface area contributed by atoms with Crippen LogP contribution in [0.5, 0.6) is 0 Å². The first-order valence-electron chi connectivity index (χ1n) is 9.92. The zero-order chi connectivity index (χ0) is 20.4. The topological polar surface area (TPSA) is 86.5 Å². The number of aromatic amines is 2. The van der Waals surface area contributed by atoms with Crippen molar-refractivity contribution in [3.05, 3.63) is 75.5 Å². The highest BCUT2D eigenvalue weighted by Gasteiger charge is 2.08. The Morgan fingerprint density at radius 3 is 2.69 bits per heavy atom. The van der Waals surface area contributed by atoms with Gasteiger partial charge in [0.25, 0.3) is 5.56 Å². The number of nitrogens with one attached hydrogen (secondary N) is 3. The summed E-state index contributed by atoms with van der Waals surface area (Å²) in [6.07, 6.45) is 5.76. The Balaban J connectivity index is 1.43. The van der Waals surface area contributed by atoms with E-state index in [-0.39, 0.29) is 5.56 Å². The van der Waals surface area contributed by atoms with E-state index in [1.165, 1.54) is 22.0 Å². The predicted octanol–water partition coefficient (Wildman–Crippen LogP) is 4.15. The molecule has 6 heteroatoms. The number of aryl methyl sites for hydroxylation is 2. The van der Waals surface area contributed by atoms with E-state index in [0.717, 1.165) is 36.5 Å². The monoisotopic (exact) mass is 387 g/mol. The van der Waals surface area contributed by atoms with Gasteiger partial charge in [-0.3, -0.25) is 4.79 Å². The molecule has 6 nitrogen and oxygen atoms in total. The van der Waals surface area contributed by atoms with Gasteiger partial charge in [0.15, 0.2) is 0 Å². The summed E-state index contributed by atoms with van der Waals surface area (Å²) in [7, 11) is 0. The summed E-state index contributed by atoms with van der Waals surface area (Å²) in [6, 6.07) is 10.3. The Bertz CT molecular complexity index is 1200. The molecule has 0 aliphatic heterocycles. The fourth-order valence-electron chi connectivity index (χ4n) is 3.52. The average Bonchev–Trinajstić information content (AvgIpc) is 3.15. The maximum absolute atomic E-state index is 12.0. The summed E-state index contributed by atoms with van der Waals surface area (Å²) in [5.74, 6) is 1.34. The van der Waals surface area contributed by atoms with Crippen LogP contribution in [0.25, 0.3) is 22.3 Å². The number of aromatic nitrogens is 4. The zero-order valence-corrected chi connectivity index (χ0v) is 17.0. The molecule has 0 bridgehead atoms. The molecule has 0 atom stereocenters. The summed E-state index contributed by atoms with van der Waals surface area (Å²) >= 11 is 0. The van der Waals surface area contributed by atoms with Gasteiger partial charge in [-0.1, -0.05) is 25.1 Å². The van der Waals surface area contributed by atoms with E-state index in [0.29, 0.717) is 11.4 Å². The summed E-state index contributed by atoms with van der Waals surface area (Å²) < 4.78 is 0. The zero-order valence-electron chi connectivity index (χ0n) is 17.0. The van der Waals surface area contributed by atoms with E-state index in [1.54, 1.807) is 13.1 Å². The molecule has 3 N–H and O–H groups in total. The van der Waals surface area contributed by atoms with E-state index >= 15 is 0 Å². The summed E-state index contributed by atoms with van der Waals surface area (Å²) in [4.78, 5) is 27.1. The first kappa shape index (κ1) is 18.9. The van der Waals surface area contributed by atoms with Gasteiger partial charge >= 0.3 is 0 Å². The smallest absolute Gasteiger partial charge is 0.254 e. The summed E-state index contributed by atoms with van der Waals surface area (Å²) in [6.45, 7) is 6.57. The normalized spacial score (nSPS) is 11.1. The number of anilines is 1. The van der Waals surface area contributed by atoms with E-state index < -0.39 is 0 Å². The van der Waals surface area contributed by atoms with Crippen molar-refractivity contribution in [1.29, 1.82) is 0 Å². The maximum Gasteiger partial charge on any atom is 0.254 e. The lowest BCUT2D eigenvalue weighted by Crippen LogP contribution is -2.14. The van der Waals surface area contributed by atoms with Crippen LogP contribution in [0.15, 0.2) is 47.5 Å².